The molecule has 2 nitrogen and oxygen atoms in total. The summed E-state index contributed by atoms with van der Waals surface area (Å²) in [5.74, 6) is 0.896. The summed E-state index contributed by atoms with van der Waals surface area (Å²) >= 11 is 0. The Morgan fingerprint density at radius 1 is 1.58 bits per heavy atom. The SMILES string of the molecule is C=CC(C)Nc1ccc(C)cn1. The molecule has 0 radical (unpaired) electrons. The van der Waals surface area contributed by atoms with Gasteiger partial charge in [0.2, 0.25) is 0 Å². The van der Waals surface area contributed by atoms with Crippen molar-refractivity contribution in [2.75, 3.05) is 5.32 Å². The number of aromatic nitrogens is 1. The van der Waals surface area contributed by atoms with Crippen LogP contribution in [0.1, 0.15) is 12.5 Å². The van der Waals surface area contributed by atoms with Crippen molar-refractivity contribution in [1.29, 1.82) is 0 Å². The molecular weight excluding hydrogens is 148 g/mol. The van der Waals surface area contributed by atoms with Gasteiger partial charge in [0.15, 0.2) is 0 Å². The lowest BCUT2D eigenvalue weighted by atomic mass is 10.3. The van der Waals surface area contributed by atoms with Crippen LogP contribution in [0.4, 0.5) is 5.82 Å². The Kier molecular flexibility index (Phi) is 2.86. The smallest absolute Gasteiger partial charge is 0.126 e. The predicted octanol–water partition coefficient (Wildman–Crippen LogP) is 2.38. The standard InChI is InChI=1S/C10H14N2/c1-4-9(3)12-10-6-5-8(2)7-11-10/h4-7,9H,1H2,2-3H3,(H,11,12). The first kappa shape index (κ1) is 8.78. The Bertz CT molecular complexity index is 251. The van der Waals surface area contributed by atoms with Gasteiger partial charge in [0, 0.05) is 12.2 Å². The number of nitrogens with zero attached hydrogens (tertiary/aromatic N) is 1. The minimum absolute atomic E-state index is 0.264. The van der Waals surface area contributed by atoms with Crippen molar-refractivity contribution >= 4 is 5.82 Å². The van der Waals surface area contributed by atoms with Crippen LogP contribution in [0.25, 0.3) is 0 Å². The number of aryl methyl sites for hydroxylation is 1. The maximum atomic E-state index is 4.21. The van der Waals surface area contributed by atoms with E-state index < -0.39 is 0 Å². The molecule has 0 amide bonds. The third-order valence-corrected chi connectivity index (χ3v) is 1.64. The van der Waals surface area contributed by atoms with Gasteiger partial charge in [-0.25, -0.2) is 4.98 Å². The van der Waals surface area contributed by atoms with Crippen molar-refractivity contribution in [1.82, 2.24) is 4.98 Å². The van der Waals surface area contributed by atoms with E-state index in [0.29, 0.717) is 0 Å². The van der Waals surface area contributed by atoms with E-state index in [9.17, 15) is 0 Å². The molecule has 1 unspecified atom stereocenters. The van der Waals surface area contributed by atoms with E-state index >= 15 is 0 Å². The summed E-state index contributed by atoms with van der Waals surface area (Å²) in [5.41, 5.74) is 1.17. The Morgan fingerprint density at radius 2 is 2.33 bits per heavy atom. The second kappa shape index (κ2) is 3.90. The van der Waals surface area contributed by atoms with Gasteiger partial charge in [-0.3, -0.25) is 0 Å². The zero-order valence-electron chi connectivity index (χ0n) is 7.54. The van der Waals surface area contributed by atoms with Crippen LogP contribution in [-0.2, 0) is 0 Å². The maximum Gasteiger partial charge on any atom is 0.126 e. The monoisotopic (exact) mass is 162 g/mol. The second-order valence-corrected chi connectivity index (χ2v) is 2.89. The van der Waals surface area contributed by atoms with Gasteiger partial charge >= 0.3 is 0 Å². The second-order valence-electron chi connectivity index (χ2n) is 2.89. The number of nitrogens with one attached hydrogen (secondary N) is 1. The van der Waals surface area contributed by atoms with Crippen LogP contribution in [0.3, 0.4) is 0 Å². The molecule has 0 aliphatic rings. The van der Waals surface area contributed by atoms with Crippen LogP contribution >= 0.6 is 0 Å². The van der Waals surface area contributed by atoms with Crippen LogP contribution in [-0.4, -0.2) is 11.0 Å². The van der Waals surface area contributed by atoms with Gasteiger partial charge in [-0.15, -0.1) is 6.58 Å². The van der Waals surface area contributed by atoms with Crippen LogP contribution in [0.15, 0.2) is 31.0 Å². The first-order valence-corrected chi connectivity index (χ1v) is 4.04. The number of hydrogen-bond donors (Lipinski definition) is 1. The zero-order chi connectivity index (χ0) is 8.97. The first-order valence-electron chi connectivity index (χ1n) is 4.04. The highest BCUT2D eigenvalue weighted by Gasteiger charge is 1.95. The van der Waals surface area contributed by atoms with E-state index in [1.807, 2.05) is 38.3 Å². The highest BCUT2D eigenvalue weighted by Crippen LogP contribution is 2.05. The molecule has 1 atom stereocenters. The van der Waals surface area contributed by atoms with Gasteiger partial charge in [0.25, 0.3) is 0 Å². The summed E-state index contributed by atoms with van der Waals surface area (Å²) in [4.78, 5) is 4.21. The molecule has 2 heteroatoms. The predicted molar refractivity (Wildman–Crippen MR) is 52.3 cm³/mol. The molecule has 64 valence electrons. The summed E-state index contributed by atoms with van der Waals surface area (Å²) in [6, 6.07) is 4.26. The normalized spacial score (nSPS) is 12.2. The molecule has 0 aromatic carbocycles. The highest BCUT2D eigenvalue weighted by atomic mass is 15.0. The number of pyridine rings is 1. The minimum atomic E-state index is 0.264. The fraction of sp³-hybridized carbons (Fsp3) is 0.300. The van der Waals surface area contributed by atoms with Crippen molar-refractivity contribution in [2.24, 2.45) is 0 Å². The molecule has 1 rings (SSSR count). The fourth-order valence-electron chi connectivity index (χ4n) is 0.845. The lowest BCUT2D eigenvalue weighted by Gasteiger charge is -2.09. The van der Waals surface area contributed by atoms with Crippen LogP contribution in [0, 0.1) is 6.92 Å². The number of hydrogen-bond acceptors (Lipinski definition) is 2. The highest BCUT2D eigenvalue weighted by molar-refractivity contribution is 5.37. The third-order valence-electron chi connectivity index (χ3n) is 1.64. The molecule has 1 aromatic heterocycles. The van der Waals surface area contributed by atoms with Crippen LogP contribution < -0.4 is 5.32 Å². The van der Waals surface area contributed by atoms with Crippen molar-refractivity contribution in [2.45, 2.75) is 19.9 Å². The largest absolute Gasteiger partial charge is 0.364 e. The molecule has 0 fully saturated rings. The van der Waals surface area contributed by atoms with Gasteiger partial charge in [0.05, 0.1) is 0 Å². The molecule has 0 aliphatic heterocycles. The van der Waals surface area contributed by atoms with E-state index in [0.717, 1.165) is 5.82 Å². The average Bonchev–Trinajstić information content (AvgIpc) is 2.09. The molecule has 0 bridgehead atoms. The van der Waals surface area contributed by atoms with Gasteiger partial charge in [-0.05, 0) is 25.5 Å². The van der Waals surface area contributed by atoms with Gasteiger partial charge in [-0.2, -0.15) is 0 Å². The van der Waals surface area contributed by atoms with Gasteiger partial charge in [0.1, 0.15) is 5.82 Å². The molecular formula is C10H14N2. The van der Waals surface area contributed by atoms with Crippen molar-refractivity contribution in [3.8, 4) is 0 Å². The van der Waals surface area contributed by atoms with Crippen LogP contribution in [0.5, 0.6) is 0 Å². The molecule has 0 saturated heterocycles. The Balaban J connectivity index is 2.64. The average molecular weight is 162 g/mol. The third kappa shape index (κ3) is 2.38. The Morgan fingerprint density at radius 3 is 2.83 bits per heavy atom. The molecule has 0 saturated carbocycles. The first-order chi connectivity index (χ1) is 5.72. The van der Waals surface area contributed by atoms with Gasteiger partial charge in [-0.1, -0.05) is 12.1 Å². The minimum Gasteiger partial charge on any atom is -0.364 e. The molecule has 1 heterocycles. The molecule has 12 heavy (non-hydrogen) atoms. The lowest BCUT2D eigenvalue weighted by molar-refractivity contribution is 0.982. The van der Waals surface area contributed by atoms with E-state index in [1.165, 1.54) is 5.56 Å². The number of rotatable bonds is 3. The van der Waals surface area contributed by atoms with Crippen LogP contribution in [0.2, 0.25) is 0 Å². The number of anilines is 1. The lowest BCUT2D eigenvalue weighted by Crippen LogP contribution is -2.12. The Hall–Kier alpha value is -1.31. The molecule has 0 aliphatic carbocycles. The topological polar surface area (TPSA) is 24.9 Å². The van der Waals surface area contributed by atoms with Crippen molar-refractivity contribution < 1.29 is 0 Å². The quantitative estimate of drug-likeness (QED) is 0.690. The zero-order valence-corrected chi connectivity index (χ0v) is 7.54. The van der Waals surface area contributed by atoms with Gasteiger partial charge < -0.3 is 5.32 Å². The summed E-state index contributed by atoms with van der Waals surface area (Å²) in [7, 11) is 0. The van der Waals surface area contributed by atoms with Crippen molar-refractivity contribution in [3.63, 3.8) is 0 Å². The summed E-state index contributed by atoms with van der Waals surface area (Å²) < 4.78 is 0. The van der Waals surface area contributed by atoms with Crippen molar-refractivity contribution in [3.05, 3.63) is 36.5 Å². The summed E-state index contributed by atoms with van der Waals surface area (Å²) in [6.07, 6.45) is 3.69. The molecule has 0 spiro atoms. The van der Waals surface area contributed by atoms with E-state index in [2.05, 4.69) is 16.9 Å². The summed E-state index contributed by atoms with van der Waals surface area (Å²) in [6.45, 7) is 7.74. The Labute approximate surface area is 73.3 Å². The summed E-state index contributed by atoms with van der Waals surface area (Å²) in [5, 5.41) is 3.19. The maximum absolute atomic E-state index is 4.21. The van der Waals surface area contributed by atoms with E-state index in [1.54, 1.807) is 0 Å². The van der Waals surface area contributed by atoms with E-state index in [-0.39, 0.29) is 6.04 Å². The van der Waals surface area contributed by atoms with E-state index in [4.69, 9.17) is 0 Å². The fourth-order valence-corrected chi connectivity index (χ4v) is 0.845. The molecule has 1 aromatic rings. The molecule has 1 N–H and O–H groups in total.